The van der Waals surface area contributed by atoms with Gasteiger partial charge in [-0.05, 0) is 49.8 Å². The Bertz CT molecular complexity index is 145. The average molecular weight is 878 g/mol. The molecular weight excluding hydrogens is 867 g/mol. The van der Waals surface area contributed by atoms with E-state index in [1.54, 1.807) is 0 Å². The maximum Gasteiger partial charge on any atom is 0.135 e. The first-order valence-corrected chi connectivity index (χ1v) is 31.5. The summed E-state index contributed by atoms with van der Waals surface area (Å²) in [6, 6.07) is 0. The van der Waals surface area contributed by atoms with E-state index in [4.69, 9.17) is 0 Å². The fraction of sp³-hybridized carbons (Fsp3) is 0. The molecule has 0 aromatic carbocycles. The molecule has 0 amide bonds. The van der Waals surface area contributed by atoms with Crippen molar-refractivity contribution in [3.05, 3.63) is 0 Å². The van der Waals surface area contributed by atoms with Gasteiger partial charge in [0.1, 0.15) is 15.2 Å². The Kier molecular flexibility index (Phi) is 50.2. The molecule has 0 rings (SSSR count). The van der Waals surface area contributed by atoms with Crippen LogP contribution in [-0.4, -0.2) is 0 Å². The first kappa shape index (κ1) is 33.4. The molecule has 0 aromatic heterocycles. The van der Waals surface area contributed by atoms with Gasteiger partial charge in [-0.3, -0.25) is 4.70 Å². The Morgan fingerprint density at radius 1 is 1.00 bits per heavy atom. The van der Waals surface area contributed by atoms with Crippen molar-refractivity contribution in [2.24, 2.45) is 0 Å². The van der Waals surface area contributed by atoms with Crippen LogP contribution in [0.25, 0.3) is 0 Å². The second kappa shape index (κ2) is 27.0. The molecule has 0 bridgehead atoms. The molecule has 1 radical (unpaired) electrons. The molecule has 0 aliphatic carbocycles. The van der Waals surface area contributed by atoms with Crippen molar-refractivity contribution in [1.29, 1.82) is 0 Å². The second-order valence-corrected chi connectivity index (χ2v) is 46.5. The van der Waals surface area contributed by atoms with Crippen molar-refractivity contribution < 1.29 is 45.8 Å². The van der Waals surface area contributed by atoms with Gasteiger partial charge in [0, 0.05) is 45.6 Å². The number of hydrogen-bond donors (Lipinski definition) is 0. The molecule has 0 aliphatic rings. The Balaban J connectivity index is -0.000000177. The number of rotatable bonds is 7. The summed E-state index contributed by atoms with van der Waals surface area (Å²) in [7, 11) is 3.96. The van der Waals surface area contributed by atoms with Gasteiger partial charge in [0.25, 0.3) is 0 Å². The van der Waals surface area contributed by atoms with Gasteiger partial charge in [0.15, 0.2) is 0 Å². The number of hydrogen-bond acceptors (Lipinski definition) is 0. The first-order chi connectivity index (χ1) is 7.51. The van der Waals surface area contributed by atoms with E-state index in [0.29, 0.717) is 21.8 Å². The van der Waals surface area contributed by atoms with Crippen LogP contribution in [0.1, 0.15) is 0 Å². The van der Waals surface area contributed by atoms with Gasteiger partial charge in [-0.2, -0.15) is 0 Å². The summed E-state index contributed by atoms with van der Waals surface area (Å²) >= 11 is 6.80. The Labute approximate surface area is 190 Å². The van der Waals surface area contributed by atoms with Gasteiger partial charge in [-0.1, -0.05) is 52.0 Å². The van der Waals surface area contributed by atoms with Crippen molar-refractivity contribution in [3.63, 3.8) is 0 Å². The molecule has 0 aromatic rings. The normalized spacial score (nSPS) is 18.2. The van der Waals surface area contributed by atoms with Gasteiger partial charge in [-0.25, -0.2) is 8.39 Å². The van der Waals surface area contributed by atoms with Crippen LogP contribution in [0, 0.1) is 0 Å². The molecule has 0 saturated carbocycles. The molecule has 0 saturated heterocycles. The van der Waals surface area contributed by atoms with E-state index in [1.165, 1.54) is 0 Å². The molecule has 0 nitrogen and oxygen atoms in total. The fourth-order valence-electron chi connectivity index (χ4n) is 0.267. The van der Waals surface area contributed by atoms with Crippen LogP contribution < -0.4 is 0 Å². The summed E-state index contributed by atoms with van der Waals surface area (Å²) in [6.45, 7) is 0. The third-order valence-corrected chi connectivity index (χ3v) is 53.5. The van der Waals surface area contributed by atoms with Gasteiger partial charge in [0.2, 0.25) is 0 Å². The average Bonchev–Trinajstić information content (AvgIpc) is 2.18. The fourth-order valence-corrected chi connectivity index (χ4v) is 62.9. The van der Waals surface area contributed by atoms with E-state index in [2.05, 4.69) is 84.0 Å². The van der Waals surface area contributed by atoms with Crippen LogP contribution in [-0.2, 0) is 32.7 Å². The summed E-state index contributed by atoms with van der Waals surface area (Å²) in [5.74, 6) is 1.61. The van der Waals surface area contributed by atoms with Crippen LogP contribution in [0.3, 0.4) is 0 Å². The standard InChI is InChI=1S/F2H7I2P9.FH.H3IP2.Y/c1-11(8-6-3)9-12(2)10-13(4)7-5;;1-3-2;/h6-10H,5H2;1H;3H,2H2;. The van der Waals surface area contributed by atoms with Gasteiger partial charge in [-0.15, -0.1) is 17.9 Å². The Hall–Kier alpha value is 7.81. The Morgan fingerprint density at radius 3 is 1.78 bits per heavy atom. The minimum absolute atomic E-state index is 0. The largest absolute Gasteiger partial charge is 0.269 e. The minimum Gasteiger partial charge on any atom is -0.269 e. The molecule has 11 unspecified atom stereocenters. The summed E-state index contributed by atoms with van der Waals surface area (Å²) in [4.78, 5) is -0.161. The molecular formula is H11F3I3P11Y. The van der Waals surface area contributed by atoms with Crippen LogP contribution in [0.5, 0.6) is 0 Å². The van der Waals surface area contributed by atoms with E-state index in [9.17, 15) is 8.39 Å². The van der Waals surface area contributed by atoms with Crippen molar-refractivity contribution in [2.45, 2.75) is 0 Å². The first-order valence-electron chi connectivity index (χ1n) is 3.05. The zero-order valence-corrected chi connectivity index (χ0v) is 28.7. The predicted octanol–water partition coefficient (Wildman–Crippen LogP) is 10.4. The Morgan fingerprint density at radius 2 is 1.44 bits per heavy atom. The smallest absolute Gasteiger partial charge is 0.135 e. The van der Waals surface area contributed by atoms with Crippen molar-refractivity contribution in [2.75, 3.05) is 0 Å². The zero-order valence-electron chi connectivity index (χ0n) is 8.37. The second-order valence-electron chi connectivity index (χ2n) is 1.49. The quantitative estimate of drug-likeness (QED) is 0.177. The molecule has 0 aliphatic heterocycles. The summed E-state index contributed by atoms with van der Waals surface area (Å²) < 4.78 is 26.4. The third-order valence-electron chi connectivity index (χ3n) is 0.605. The summed E-state index contributed by atoms with van der Waals surface area (Å²) in [5, 5.41) is 0. The van der Waals surface area contributed by atoms with Gasteiger partial charge < -0.3 is 0 Å². The van der Waals surface area contributed by atoms with Gasteiger partial charge >= 0.3 is 0 Å². The topological polar surface area (TPSA) is 0 Å². The summed E-state index contributed by atoms with van der Waals surface area (Å²) in [6.07, 6.45) is 0. The van der Waals surface area contributed by atoms with Gasteiger partial charge in [0.05, 0.1) is 0 Å². The van der Waals surface area contributed by atoms with E-state index in [-0.39, 0.29) is 50.3 Å². The maximum atomic E-state index is 13.3. The SMILES string of the molecule is F.FP(PPI)PP(F)PP(I)PP.PPI.[Y]. The van der Waals surface area contributed by atoms with Crippen LogP contribution >= 0.6 is 148 Å². The molecule has 0 N–H and O–H groups in total. The van der Waals surface area contributed by atoms with Crippen molar-refractivity contribution >= 4 is 148 Å². The monoisotopic (exact) mass is 878 g/mol. The van der Waals surface area contributed by atoms with Crippen LogP contribution in [0.2, 0.25) is 0 Å². The van der Waals surface area contributed by atoms with Crippen molar-refractivity contribution in [1.82, 2.24) is 0 Å². The molecule has 0 heterocycles. The zero-order chi connectivity index (χ0) is 13.0. The molecule has 111 valence electrons. The number of halogens is 6. The van der Waals surface area contributed by atoms with E-state index >= 15 is 0 Å². The third kappa shape index (κ3) is 28.6. The van der Waals surface area contributed by atoms with Crippen LogP contribution in [0.4, 0.5) is 13.1 Å². The van der Waals surface area contributed by atoms with E-state index in [0.717, 1.165) is 13.9 Å². The molecule has 11 atom stereocenters. The van der Waals surface area contributed by atoms with Crippen molar-refractivity contribution in [3.8, 4) is 0 Å². The van der Waals surface area contributed by atoms with E-state index in [1.807, 2.05) is 0 Å². The van der Waals surface area contributed by atoms with Crippen LogP contribution in [0.15, 0.2) is 0 Å². The van der Waals surface area contributed by atoms with E-state index < -0.39 is 15.2 Å². The minimum atomic E-state index is -1.44. The summed E-state index contributed by atoms with van der Waals surface area (Å²) in [5.41, 5.74) is 0. The maximum absolute atomic E-state index is 13.3. The molecule has 18 heteroatoms. The molecule has 0 fully saturated rings. The molecule has 0 spiro atoms. The molecule has 18 heavy (non-hydrogen) atoms. The predicted molar refractivity (Wildman–Crippen MR) is 137 cm³/mol.